The average Bonchev–Trinajstić information content (AvgIpc) is 2.17. The third-order valence-electron chi connectivity index (χ3n) is 2.91. The second-order valence-corrected chi connectivity index (χ2v) is 9.09. The van der Waals surface area contributed by atoms with E-state index in [0.29, 0.717) is 0 Å². The molecule has 16 heavy (non-hydrogen) atoms. The molecule has 1 aromatic rings. The molecule has 1 aliphatic rings. The third-order valence-corrected chi connectivity index (χ3v) is 5.81. The summed E-state index contributed by atoms with van der Waals surface area (Å²) in [7, 11) is -0.459. The Balaban J connectivity index is 0.000000386. The van der Waals surface area contributed by atoms with Gasteiger partial charge < -0.3 is 0 Å². The van der Waals surface area contributed by atoms with Gasteiger partial charge in [0.2, 0.25) is 0 Å². The lowest BCUT2D eigenvalue weighted by Crippen LogP contribution is -2.12. The molecule has 0 N–H and O–H groups in total. The summed E-state index contributed by atoms with van der Waals surface area (Å²) < 4.78 is 0. The van der Waals surface area contributed by atoms with Gasteiger partial charge >= 0.3 is 0 Å². The molecule has 0 fully saturated rings. The smallest absolute Gasteiger partial charge is 0.00715 e. The van der Waals surface area contributed by atoms with Crippen LogP contribution in [0.25, 0.3) is 0 Å². The first kappa shape index (κ1) is 13.6. The first-order chi connectivity index (χ1) is 7.51. The fourth-order valence-electron chi connectivity index (χ4n) is 2.18. The molecule has 0 nitrogen and oxygen atoms in total. The Labute approximate surface area is 103 Å². The highest BCUT2D eigenvalue weighted by atomic mass is 32.3. The number of aryl methyl sites for hydroxylation is 2. The largest absolute Gasteiger partial charge is 0.220 e. The Bertz CT molecular complexity index is 339. The molecule has 0 saturated heterocycles. The Kier molecular flexibility index (Phi) is 4.91. The summed E-state index contributed by atoms with van der Waals surface area (Å²) in [6, 6.07) is 7.00. The molecule has 1 heteroatoms. The van der Waals surface area contributed by atoms with Crippen LogP contribution in [0.1, 0.15) is 37.8 Å². The second kappa shape index (κ2) is 5.77. The van der Waals surface area contributed by atoms with Crippen LogP contribution >= 0.6 is 10.0 Å². The summed E-state index contributed by atoms with van der Waals surface area (Å²) in [4.78, 5) is 1.66. The van der Waals surface area contributed by atoms with Gasteiger partial charge in [0.05, 0.1) is 0 Å². The van der Waals surface area contributed by atoms with Crippen molar-refractivity contribution in [2.45, 2.75) is 44.9 Å². The number of benzene rings is 1. The van der Waals surface area contributed by atoms with E-state index in [4.69, 9.17) is 0 Å². The lowest BCUT2D eigenvalue weighted by atomic mass is 10.1. The van der Waals surface area contributed by atoms with E-state index < -0.39 is 10.0 Å². The van der Waals surface area contributed by atoms with Gasteiger partial charge in [-0.15, -0.1) is 0 Å². The maximum atomic E-state index is 2.44. The molecule has 0 spiro atoms. The highest BCUT2D eigenvalue weighted by Gasteiger charge is 2.22. The van der Waals surface area contributed by atoms with Crippen molar-refractivity contribution >= 4 is 10.0 Å². The zero-order valence-corrected chi connectivity index (χ0v) is 12.3. The fraction of sp³-hybridized carbons (Fsp3) is 0.600. The zero-order chi connectivity index (χ0) is 12.2. The molecular formula is C15H26S. The summed E-state index contributed by atoms with van der Waals surface area (Å²) in [5.74, 6) is 1.42. The van der Waals surface area contributed by atoms with E-state index >= 15 is 0 Å². The predicted molar refractivity (Wildman–Crippen MR) is 78.0 cm³/mol. The summed E-state index contributed by atoms with van der Waals surface area (Å²) in [6.45, 7) is 6.44. The molecular weight excluding hydrogens is 212 g/mol. The number of fused-ring (bicyclic) bond motifs is 1. The van der Waals surface area contributed by atoms with Gasteiger partial charge in [-0.3, -0.25) is 0 Å². The van der Waals surface area contributed by atoms with E-state index in [0.717, 1.165) is 0 Å². The third kappa shape index (κ3) is 3.28. The SMILES string of the molecule is CCC.Cc1ccc2c(c1)CCCS2(C)C. The fourth-order valence-corrected chi connectivity index (χ4v) is 4.57. The van der Waals surface area contributed by atoms with Crippen LogP contribution < -0.4 is 0 Å². The molecule has 2 rings (SSSR count). The van der Waals surface area contributed by atoms with Gasteiger partial charge in [0.15, 0.2) is 0 Å². The number of hydrogen-bond donors (Lipinski definition) is 0. The molecule has 0 aliphatic carbocycles. The highest BCUT2D eigenvalue weighted by Crippen LogP contribution is 2.54. The molecule has 1 heterocycles. The van der Waals surface area contributed by atoms with Gasteiger partial charge in [-0.2, -0.15) is 0 Å². The molecule has 0 aromatic heterocycles. The molecule has 92 valence electrons. The first-order valence-electron chi connectivity index (χ1n) is 6.32. The highest BCUT2D eigenvalue weighted by molar-refractivity contribution is 8.32. The molecule has 0 saturated carbocycles. The van der Waals surface area contributed by atoms with Gasteiger partial charge in [0.1, 0.15) is 0 Å². The average molecular weight is 238 g/mol. The van der Waals surface area contributed by atoms with Crippen molar-refractivity contribution in [3.63, 3.8) is 0 Å². The van der Waals surface area contributed by atoms with E-state index in [2.05, 4.69) is 51.5 Å². The number of hydrogen-bond acceptors (Lipinski definition) is 0. The lowest BCUT2D eigenvalue weighted by Gasteiger charge is -2.37. The predicted octanol–water partition coefficient (Wildman–Crippen LogP) is 4.78. The minimum atomic E-state index is -0.459. The maximum absolute atomic E-state index is 2.44. The molecule has 1 aliphatic heterocycles. The van der Waals surface area contributed by atoms with Crippen LogP contribution in [0.2, 0.25) is 0 Å². The molecule has 0 radical (unpaired) electrons. The van der Waals surface area contributed by atoms with Crippen LogP contribution in [-0.2, 0) is 6.42 Å². The quantitative estimate of drug-likeness (QED) is 0.610. The van der Waals surface area contributed by atoms with Gasteiger partial charge in [0.25, 0.3) is 0 Å². The monoisotopic (exact) mass is 238 g/mol. The standard InChI is InChI=1S/C12H18S.C3H8/c1-10-6-7-12-11(9-10)5-4-8-13(12,2)3;1-3-2/h6-7,9H,4-5,8H2,1-3H3;3H2,1-2H3. The van der Waals surface area contributed by atoms with Gasteiger partial charge in [-0.1, -0.05) is 38.0 Å². The minimum Gasteiger partial charge on any atom is -0.220 e. The zero-order valence-electron chi connectivity index (χ0n) is 11.5. The van der Waals surface area contributed by atoms with Crippen LogP contribution in [0.4, 0.5) is 0 Å². The Morgan fingerprint density at radius 2 is 1.81 bits per heavy atom. The lowest BCUT2D eigenvalue weighted by molar-refractivity contribution is 0.877. The molecule has 0 unspecified atom stereocenters. The Morgan fingerprint density at radius 1 is 1.19 bits per heavy atom. The summed E-state index contributed by atoms with van der Waals surface area (Å²) >= 11 is 0. The summed E-state index contributed by atoms with van der Waals surface area (Å²) in [6.07, 6.45) is 8.83. The van der Waals surface area contributed by atoms with Gasteiger partial charge in [0, 0.05) is 0 Å². The van der Waals surface area contributed by atoms with E-state index in [1.54, 1.807) is 10.5 Å². The molecule has 0 bridgehead atoms. The van der Waals surface area contributed by atoms with Crippen LogP contribution in [0.15, 0.2) is 23.1 Å². The van der Waals surface area contributed by atoms with Crippen LogP contribution in [-0.4, -0.2) is 18.3 Å². The van der Waals surface area contributed by atoms with Crippen molar-refractivity contribution in [2.75, 3.05) is 18.3 Å². The van der Waals surface area contributed by atoms with E-state index in [-0.39, 0.29) is 0 Å². The van der Waals surface area contributed by atoms with Gasteiger partial charge in [-0.05, 0) is 54.6 Å². The van der Waals surface area contributed by atoms with Crippen molar-refractivity contribution in [1.29, 1.82) is 0 Å². The second-order valence-electron chi connectivity index (χ2n) is 5.16. The van der Waals surface area contributed by atoms with E-state index in [9.17, 15) is 0 Å². The van der Waals surface area contributed by atoms with E-state index in [1.807, 2.05) is 0 Å². The maximum Gasteiger partial charge on any atom is -0.00715 e. The Morgan fingerprint density at radius 3 is 2.44 bits per heavy atom. The van der Waals surface area contributed by atoms with Crippen molar-refractivity contribution < 1.29 is 0 Å². The van der Waals surface area contributed by atoms with Crippen molar-refractivity contribution in [2.24, 2.45) is 0 Å². The summed E-state index contributed by atoms with van der Waals surface area (Å²) in [5, 5.41) is 0. The number of rotatable bonds is 0. The van der Waals surface area contributed by atoms with Crippen molar-refractivity contribution in [3.8, 4) is 0 Å². The van der Waals surface area contributed by atoms with Crippen molar-refractivity contribution in [1.82, 2.24) is 0 Å². The molecule has 0 amide bonds. The van der Waals surface area contributed by atoms with Crippen LogP contribution in [0, 0.1) is 6.92 Å². The van der Waals surface area contributed by atoms with Crippen LogP contribution in [0.3, 0.4) is 0 Å². The topological polar surface area (TPSA) is 0 Å². The van der Waals surface area contributed by atoms with Gasteiger partial charge in [-0.25, -0.2) is 10.0 Å². The minimum absolute atomic E-state index is 0.459. The molecule has 1 aromatic carbocycles. The van der Waals surface area contributed by atoms with Crippen molar-refractivity contribution in [3.05, 3.63) is 29.3 Å². The molecule has 0 atom stereocenters. The van der Waals surface area contributed by atoms with Crippen LogP contribution in [0.5, 0.6) is 0 Å². The van der Waals surface area contributed by atoms with E-state index in [1.165, 1.54) is 30.6 Å². The first-order valence-corrected chi connectivity index (χ1v) is 8.93. The summed E-state index contributed by atoms with van der Waals surface area (Å²) in [5.41, 5.74) is 3.03. The normalized spacial score (nSPS) is 19.1. The Hall–Kier alpha value is -0.430.